The second-order valence-electron chi connectivity index (χ2n) is 8.85. The molecule has 3 aliphatic rings. The number of sulfonamides is 1. The maximum Gasteiger partial charge on any atom is 0.243 e. The molecule has 0 atom stereocenters. The number of nitrogens with one attached hydrogen (secondary N) is 1. The number of rotatable bonds is 5. The van der Waals surface area contributed by atoms with Crippen LogP contribution in [0.1, 0.15) is 31.7 Å². The second kappa shape index (κ2) is 7.76. The van der Waals surface area contributed by atoms with Crippen molar-refractivity contribution in [1.29, 1.82) is 0 Å². The monoisotopic (exact) mass is 472 g/mol. The van der Waals surface area contributed by atoms with E-state index in [1.807, 2.05) is 10.7 Å². The zero-order valence-electron chi connectivity index (χ0n) is 18.0. The first kappa shape index (κ1) is 21.0. The van der Waals surface area contributed by atoms with Crippen LogP contribution in [-0.4, -0.2) is 54.6 Å². The van der Waals surface area contributed by atoms with Crippen LogP contribution in [0.15, 0.2) is 47.4 Å². The van der Waals surface area contributed by atoms with Crippen LogP contribution in [0, 0.1) is 5.82 Å². The fourth-order valence-electron chi connectivity index (χ4n) is 4.64. The van der Waals surface area contributed by atoms with Gasteiger partial charge in [0, 0.05) is 37.0 Å². The molecular formula is C23H25FN4O4S. The summed E-state index contributed by atoms with van der Waals surface area (Å²) >= 11 is 0. The highest BCUT2D eigenvalue weighted by Gasteiger charge is 2.42. The molecule has 1 aliphatic carbocycles. The van der Waals surface area contributed by atoms with Crippen molar-refractivity contribution in [1.82, 2.24) is 14.1 Å². The third kappa shape index (κ3) is 3.80. The molecule has 2 aliphatic heterocycles. The summed E-state index contributed by atoms with van der Waals surface area (Å²) in [5, 5.41) is 8.68. The van der Waals surface area contributed by atoms with E-state index in [-0.39, 0.29) is 10.7 Å². The first-order chi connectivity index (χ1) is 15.9. The third-order valence-electron chi connectivity index (χ3n) is 6.61. The largest absolute Gasteiger partial charge is 0.347 e. The Labute approximate surface area is 191 Å². The molecule has 2 saturated heterocycles. The molecule has 6 rings (SSSR count). The van der Waals surface area contributed by atoms with Crippen molar-refractivity contribution >= 4 is 32.4 Å². The minimum atomic E-state index is -3.68. The zero-order valence-corrected chi connectivity index (χ0v) is 18.9. The van der Waals surface area contributed by atoms with E-state index < -0.39 is 15.8 Å². The van der Waals surface area contributed by atoms with Gasteiger partial charge in [-0.05, 0) is 55.3 Å². The Morgan fingerprint density at radius 2 is 1.73 bits per heavy atom. The number of aromatic nitrogens is 2. The molecule has 174 valence electrons. The van der Waals surface area contributed by atoms with Crippen LogP contribution in [0.2, 0.25) is 0 Å². The van der Waals surface area contributed by atoms with Gasteiger partial charge >= 0.3 is 0 Å². The van der Waals surface area contributed by atoms with Gasteiger partial charge in [-0.25, -0.2) is 12.8 Å². The highest BCUT2D eigenvalue weighted by atomic mass is 32.2. The maximum atomic E-state index is 13.4. The number of hydrogen-bond acceptors (Lipinski definition) is 6. The number of hydrogen-bond donors (Lipinski definition) is 1. The molecule has 3 fully saturated rings. The van der Waals surface area contributed by atoms with Crippen molar-refractivity contribution in [3.05, 3.63) is 48.3 Å². The molecule has 1 N–H and O–H groups in total. The van der Waals surface area contributed by atoms with Gasteiger partial charge in [0.25, 0.3) is 0 Å². The molecule has 8 nitrogen and oxygen atoms in total. The Bertz CT molecular complexity index is 1290. The van der Waals surface area contributed by atoms with Crippen molar-refractivity contribution in [2.24, 2.45) is 0 Å². The quantitative estimate of drug-likeness (QED) is 0.608. The summed E-state index contributed by atoms with van der Waals surface area (Å²) < 4.78 is 55.1. The Morgan fingerprint density at radius 3 is 2.39 bits per heavy atom. The molecule has 3 heterocycles. The summed E-state index contributed by atoms with van der Waals surface area (Å²) in [6, 6.07) is 11.5. The van der Waals surface area contributed by atoms with Crippen LogP contribution in [-0.2, 0) is 19.5 Å². The first-order valence-corrected chi connectivity index (χ1v) is 12.7. The van der Waals surface area contributed by atoms with Crippen molar-refractivity contribution < 1.29 is 22.3 Å². The van der Waals surface area contributed by atoms with Crippen molar-refractivity contribution in [3.63, 3.8) is 0 Å². The molecule has 2 aromatic carbocycles. The Kier molecular flexibility index (Phi) is 4.95. The van der Waals surface area contributed by atoms with Crippen LogP contribution in [0.3, 0.4) is 0 Å². The predicted octanol–water partition coefficient (Wildman–Crippen LogP) is 3.78. The highest BCUT2D eigenvalue weighted by molar-refractivity contribution is 7.89. The van der Waals surface area contributed by atoms with E-state index in [0.717, 1.165) is 23.7 Å². The van der Waals surface area contributed by atoms with E-state index in [1.165, 1.54) is 16.4 Å². The number of anilines is 2. The Morgan fingerprint density at radius 1 is 1.03 bits per heavy atom. The van der Waals surface area contributed by atoms with Crippen LogP contribution < -0.4 is 5.32 Å². The average Bonchev–Trinajstić information content (AvgIpc) is 3.47. The molecule has 1 aromatic heterocycles. The number of benzene rings is 2. The first-order valence-electron chi connectivity index (χ1n) is 11.3. The molecule has 33 heavy (non-hydrogen) atoms. The van der Waals surface area contributed by atoms with Crippen molar-refractivity contribution in [2.75, 3.05) is 31.6 Å². The predicted molar refractivity (Wildman–Crippen MR) is 120 cm³/mol. The normalized spacial score (nSPS) is 21.1. The molecular weight excluding hydrogens is 447 g/mol. The molecule has 1 spiro atoms. The molecule has 10 heteroatoms. The lowest BCUT2D eigenvalue weighted by atomic mass is 10.1. The van der Waals surface area contributed by atoms with Gasteiger partial charge in [0.1, 0.15) is 5.82 Å². The van der Waals surface area contributed by atoms with Crippen molar-refractivity contribution in [2.45, 2.75) is 42.4 Å². The molecule has 0 amide bonds. The molecule has 0 radical (unpaired) electrons. The standard InChI is InChI=1S/C23H25FN4O4S/c24-16-1-3-17(4-2-16)25-22-20-15-19(7-8-21(20)28(26-22)18-5-6-18)33(29,30)27-11-9-23(10-12-27)31-13-14-32-23/h1-4,7-8,15,18H,5-6,9-14H2,(H,25,26). The van der Waals surface area contributed by atoms with Gasteiger partial charge in [0.15, 0.2) is 11.6 Å². The number of halogens is 1. The minimum absolute atomic E-state index is 0.233. The van der Waals surface area contributed by atoms with Crippen LogP contribution in [0.5, 0.6) is 0 Å². The van der Waals surface area contributed by atoms with Gasteiger partial charge in [-0.1, -0.05) is 0 Å². The number of ether oxygens (including phenoxy) is 2. The SMILES string of the molecule is O=S(=O)(c1ccc2c(c1)c(Nc1ccc(F)cc1)nn2C1CC1)N1CCC2(CC1)OCCO2. The molecule has 0 unspecified atom stereocenters. The zero-order chi connectivity index (χ0) is 22.6. The van der Waals surface area contributed by atoms with E-state index in [2.05, 4.69) is 5.32 Å². The lowest BCUT2D eigenvalue weighted by Gasteiger charge is -2.36. The fraction of sp³-hybridized carbons (Fsp3) is 0.435. The lowest BCUT2D eigenvalue weighted by Crippen LogP contribution is -2.47. The van der Waals surface area contributed by atoms with Crippen molar-refractivity contribution in [3.8, 4) is 0 Å². The van der Waals surface area contributed by atoms with E-state index in [4.69, 9.17) is 14.6 Å². The van der Waals surface area contributed by atoms with Crippen LogP contribution >= 0.6 is 0 Å². The second-order valence-corrected chi connectivity index (χ2v) is 10.8. The van der Waals surface area contributed by atoms with Gasteiger partial charge in [-0.2, -0.15) is 9.40 Å². The van der Waals surface area contributed by atoms with E-state index >= 15 is 0 Å². The summed E-state index contributed by atoms with van der Waals surface area (Å²) in [5.74, 6) is -0.391. The molecule has 1 saturated carbocycles. The van der Waals surface area contributed by atoms with E-state index in [0.29, 0.717) is 56.7 Å². The Balaban J connectivity index is 1.33. The van der Waals surface area contributed by atoms with E-state index in [1.54, 1.807) is 24.3 Å². The number of piperidine rings is 1. The van der Waals surface area contributed by atoms with Gasteiger partial charge in [-0.3, -0.25) is 4.68 Å². The average molecular weight is 473 g/mol. The fourth-order valence-corrected chi connectivity index (χ4v) is 6.11. The lowest BCUT2D eigenvalue weighted by molar-refractivity contribution is -0.179. The summed E-state index contributed by atoms with van der Waals surface area (Å²) in [5.41, 5.74) is 1.57. The smallest absolute Gasteiger partial charge is 0.243 e. The Hall–Kier alpha value is -2.53. The van der Waals surface area contributed by atoms with Crippen LogP contribution in [0.25, 0.3) is 10.9 Å². The summed E-state index contributed by atoms with van der Waals surface area (Å²) in [7, 11) is -3.68. The summed E-state index contributed by atoms with van der Waals surface area (Å²) in [6.07, 6.45) is 3.13. The van der Waals surface area contributed by atoms with Gasteiger partial charge in [0.2, 0.25) is 10.0 Å². The summed E-state index contributed by atoms with van der Waals surface area (Å²) in [4.78, 5) is 0.233. The van der Waals surface area contributed by atoms with Crippen LogP contribution in [0.4, 0.5) is 15.9 Å². The highest BCUT2D eigenvalue weighted by Crippen LogP contribution is 2.40. The maximum absolute atomic E-state index is 13.4. The minimum Gasteiger partial charge on any atom is -0.347 e. The number of fused-ring (bicyclic) bond motifs is 1. The third-order valence-corrected chi connectivity index (χ3v) is 8.51. The molecule has 0 bridgehead atoms. The van der Waals surface area contributed by atoms with E-state index in [9.17, 15) is 12.8 Å². The van der Waals surface area contributed by atoms with Gasteiger partial charge in [-0.15, -0.1) is 0 Å². The van der Waals surface area contributed by atoms with Gasteiger partial charge < -0.3 is 14.8 Å². The van der Waals surface area contributed by atoms with Gasteiger partial charge in [0.05, 0.1) is 29.7 Å². The molecule has 3 aromatic rings. The topological polar surface area (TPSA) is 85.7 Å². The summed E-state index contributed by atoms with van der Waals surface area (Å²) in [6.45, 7) is 1.81. The number of nitrogens with zero attached hydrogens (tertiary/aromatic N) is 3.